The molecule has 14 atom stereocenters. The van der Waals surface area contributed by atoms with Crippen LogP contribution in [0.2, 0.25) is 0 Å². The van der Waals surface area contributed by atoms with E-state index in [1.54, 1.807) is 97.0 Å². The molecule has 0 aliphatic heterocycles. The SMILES string of the molecule is CCC(C)[C@H](NC(=O)[C@H](C)NC(=O)[C@H](CC(C)C)NC(=O)[C@H](CCCN=C(N)N)NC(=O)[C@@H](N)Cc1ccc(Oc2ccc(C[C@H](NC(=O)[C@H](CCCN=C(N)N)NC(=O)[C@H](CC(C)C)NC(=O)[C@H](C)NC(=O)[C@@H](NC(=O)[C@@H](N)CCCN=C(N)N)C(C)CC)C(=O)O)cc2)cc1)C(=O)N[C@@H](CCCN=C(N)N)C(=O)O. The van der Waals surface area contributed by atoms with Crippen molar-refractivity contribution in [3.05, 3.63) is 59.7 Å². The van der Waals surface area contributed by atoms with Gasteiger partial charge in [0.25, 0.3) is 0 Å². The molecule has 0 fully saturated rings. The number of hydrogen-bond acceptors (Lipinski definition) is 19. The van der Waals surface area contributed by atoms with Gasteiger partial charge in [-0.2, -0.15) is 0 Å². The first-order valence-corrected chi connectivity index (χ1v) is 37.2. The molecule has 111 heavy (non-hydrogen) atoms. The second kappa shape index (κ2) is 49.8. The molecule has 2 rings (SSSR count). The van der Waals surface area contributed by atoms with Crippen LogP contribution in [-0.2, 0) is 70.4 Å². The van der Waals surface area contributed by atoms with Crippen molar-refractivity contribution in [2.24, 2.45) is 101 Å². The molecule has 2 aromatic rings. The van der Waals surface area contributed by atoms with Crippen molar-refractivity contribution in [2.75, 3.05) is 26.2 Å². The smallest absolute Gasteiger partial charge is 0.326 e. The molecule has 39 nitrogen and oxygen atoms in total. The number of amides is 10. The lowest BCUT2D eigenvalue weighted by Crippen LogP contribution is -2.59. The molecule has 39 heteroatoms. The third-order valence-electron chi connectivity index (χ3n) is 17.7. The number of hydrogen-bond donors (Lipinski definition) is 22. The van der Waals surface area contributed by atoms with Crippen molar-refractivity contribution in [1.29, 1.82) is 0 Å². The van der Waals surface area contributed by atoms with E-state index >= 15 is 0 Å². The molecule has 2 aromatic carbocycles. The van der Waals surface area contributed by atoms with Crippen molar-refractivity contribution in [3.63, 3.8) is 0 Å². The number of benzene rings is 2. The third kappa shape index (κ3) is 37.7. The second-order valence-corrected chi connectivity index (χ2v) is 28.3. The predicted molar refractivity (Wildman–Crippen MR) is 420 cm³/mol. The zero-order chi connectivity index (χ0) is 83.8. The number of rotatable bonds is 52. The second-order valence-electron chi connectivity index (χ2n) is 28.3. The maximum atomic E-state index is 14.2. The van der Waals surface area contributed by atoms with E-state index < -0.39 is 149 Å². The highest BCUT2D eigenvalue weighted by molar-refractivity contribution is 5.98. The quantitative estimate of drug-likeness (QED) is 0.0175. The largest absolute Gasteiger partial charge is 0.480 e. The molecule has 0 radical (unpaired) electrons. The normalized spacial score (nSPS) is 14.9. The Morgan fingerprint density at radius 1 is 0.351 bits per heavy atom. The molecule has 32 N–H and O–H groups in total. The minimum absolute atomic E-state index is 0.00335. The molecule has 0 aromatic heterocycles. The zero-order valence-electron chi connectivity index (χ0n) is 65.3. The summed E-state index contributed by atoms with van der Waals surface area (Å²) in [5.74, 6) is -11.4. The van der Waals surface area contributed by atoms with Crippen LogP contribution in [0.25, 0.3) is 0 Å². The predicted octanol–water partition coefficient (Wildman–Crippen LogP) is -3.33. The molecule has 0 saturated carbocycles. The molecule has 2 unspecified atom stereocenters. The van der Waals surface area contributed by atoms with E-state index in [1.165, 1.54) is 13.8 Å². The number of aliphatic imine (C=N–C) groups is 4. The summed E-state index contributed by atoms with van der Waals surface area (Å²) in [6.45, 7) is 17.5. The van der Waals surface area contributed by atoms with Gasteiger partial charge in [0.05, 0.1) is 12.1 Å². The Bertz CT molecular complexity index is 3490. The molecule has 0 heterocycles. The Hall–Kier alpha value is -11.1. The lowest BCUT2D eigenvalue weighted by Gasteiger charge is -2.28. The van der Waals surface area contributed by atoms with E-state index in [4.69, 9.17) is 62.1 Å². The van der Waals surface area contributed by atoms with Gasteiger partial charge < -0.3 is 125 Å². The van der Waals surface area contributed by atoms with E-state index in [2.05, 4.69) is 73.1 Å². The van der Waals surface area contributed by atoms with Crippen molar-refractivity contribution >= 4 is 94.8 Å². The lowest BCUT2D eigenvalue weighted by atomic mass is 9.97. The van der Waals surface area contributed by atoms with Crippen molar-refractivity contribution in [3.8, 4) is 11.5 Å². The number of carboxylic acid groups (broad SMARTS) is 2. The van der Waals surface area contributed by atoms with Crippen LogP contribution in [-0.4, -0.2) is 204 Å². The first-order valence-electron chi connectivity index (χ1n) is 37.2. The van der Waals surface area contributed by atoms with Gasteiger partial charge in [0.2, 0.25) is 59.1 Å². The molecule has 0 aliphatic carbocycles. The number of aliphatic carboxylic acids is 2. The number of guanidine groups is 4. The molecular formula is C72H122N24O15. The monoisotopic (exact) mass is 1560 g/mol. The van der Waals surface area contributed by atoms with Crippen LogP contribution in [0.5, 0.6) is 11.5 Å². The van der Waals surface area contributed by atoms with E-state index in [0.29, 0.717) is 41.9 Å². The Morgan fingerprint density at radius 2 is 0.649 bits per heavy atom. The zero-order valence-corrected chi connectivity index (χ0v) is 65.3. The molecule has 0 bridgehead atoms. The van der Waals surface area contributed by atoms with Gasteiger partial charge in [-0.05, 0) is 144 Å². The molecule has 0 spiro atoms. The number of nitrogens with zero attached hydrogens (tertiary/aromatic N) is 4. The molecular weight excluding hydrogens is 1440 g/mol. The number of carbonyl (C=O) groups is 12. The van der Waals surface area contributed by atoms with E-state index in [0.717, 1.165) is 0 Å². The average Bonchev–Trinajstić information content (AvgIpc) is 0.864. The fraction of sp³-hybridized carbons (Fsp3) is 0.611. The van der Waals surface area contributed by atoms with Crippen LogP contribution >= 0.6 is 0 Å². The van der Waals surface area contributed by atoms with Crippen molar-refractivity contribution in [2.45, 2.75) is 232 Å². The third-order valence-corrected chi connectivity index (χ3v) is 17.7. The Labute approximate surface area is 648 Å². The van der Waals surface area contributed by atoms with E-state index in [9.17, 15) is 67.7 Å². The summed E-state index contributed by atoms with van der Waals surface area (Å²) in [5, 5.41) is 46.5. The Morgan fingerprint density at radius 3 is 1.05 bits per heavy atom. The highest BCUT2D eigenvalue weighted by Gasteiger charge is 2.37. The summed E-state index contributed by atoms with van der Waals surface area (Å²) in [6.07, 6.45) is 1.92. The Balaban J connectivity index is 2.24. The van der Waals surface area contributed by atoms with Gasteiger partial charge in [-0.1, -0.05) is 92.5 Å². The molecule has 10 amide bonds. The summed E-state index contributed by atoms with van der Waals surface area (Å²) < 4.78 is 6.07. The summed E-state index contributed by atoms with van der Waals surface area (Å²) in [7, 11) is 0. The van der Waals surface area contributed by atoms with Crippen LogP contribution in [0.1, 0.15) is 157 Å². The highest BCUT2D eigenvalue weighted by atomic mass is 16.5. The number of carboxylic acids is 2. The van der Waals surface area contributed by atoms with Crippen LogP contribution in [0, 0.1) is 23.7 Å². The maximum Gasteiger partial charge on any atom is 0.326 e. The van der Waals surface area contributed by atoms with Gasteiger partial charge in [0.15, 0.2) is 23.8 Å². The first kappa shape index (κ1) is 96.0. The van der Waals surface area contributed by atoms with Gasteiger partial charge in [-0.3, -0.25) is 67.9 Å². The standard InChI is InChI=1S/C72H122N24O15/c1-11-39(7)55(96-59(99)47(73)17-13-29-83-69(75)76)65(105)88-41(9)57(97)92-53(34-38(5)6)64(104)90-50(19-15-31-85-71(79)80)62(102)94-54(68(109)110)36-44-23-27-46(28-24-44)111-45-25-21-43(22-26-45)35-48(74)60(100)89-49(18-14-30-84-70(77)78)61(101)93-52(33-37(3)4)63(103)87-42(10)58(98)95-56(40(8)12-2)66(106)91-51(67(107)108)20-16-32-86-72(81)82/h21-28,37-42,47-56H,11-20,29-36,73-74H2,1-10H3,(H,87,103)(H,88,105)(H,89,100)(H,90,104)(H,91,106)(H,92,97)(H,93,101)(H,94,102)(H,95,98)(H,96,99)(H,107,108)(H,109,110)(H4,75,76,83)(H4,77,78,84)(H4,79,80,85)(H4,81,82,86)/t39?,40?,41-,42-,47-,48-,49-,50-,51-,52-,53-,54-,55-,56-/m0/s1. The lowest BCUT2D eigenvalue weighted by molar-refractivity contribution is -0.143. The van der Waals surface area contributed by atoms with Crippen LogP contribution in [0.15, 0.2) is 68.5 Å². The molecule has 0 saturated heterocycles. The summed E-state index contributed by atoms with van der Waals surface area (Å²) in [4.78, 5) is 178. The van der Waals surface area contributed by atoms with Crippen molar-refractivity contribution < 1.29 is 72.5 Å². The highest BCUT2D eigenvalue weighted by Crippen LogP contribution is 2.24. The van der Waals surface area contributed by atoms with E-state index in [1.807, 2.05) is 6.92 Å². The van der Waals surface area contributed by atoms with Crippen molar-refractivity contribution in [1.82, 2.24) is 53.2 Å². The fourth-order valence-electron chi connectivity index (χ4n) is 11.0. The number of carbonyl (C=O) groups excluding carboxylic acids is 10. The number of ether oxygens (including phenoxy) is 1. The minimum atomic E-state index is -1.52. The van der Waals surface area contributed by atoms with Crippen LogP contribution in [0.4, 0.5) is 0 Å². The van der Waals surface area contributed by atoms with Gasteiger partial charge in [0, 0.05) is 32.6 Å². The number of nitrogens with one attached hydrogen (secondary N) is 10. The van der Waals surface area contributed by atoms with E-state index in [-0.39, 0.29) is 138 Å². The van der Waals surface area contributed by atoms with Gasteiger partial charge in [-0.15, -0.1) is 0 Å². The Kier molecular flexibility index (Phi) is 43.1. The maximum absolute atomic E-state index is 14.2. The van der Waals surface area contributed by atoms with Gasteiger partial charge in [0.1, 0.15) is 71.9 Å². The molecule has 0 aliphatic rings. The van der Waals surface area contributed by atoms with Crippen LogP contribution < -0.4 is 115 Å². The summed E-state index contributed by atoms with van der Waals surface area (Å²) in [6, 6.07) is -2.01. The summed E-state index contributed by atoms with van der Waals surface area (Å²) in [5.41, 5.74) is 57.2. The van der Waals surface area contributed by atoms with Gasteiger partial charge in [-0.25, -0.2) is 9.59 Å². The van der Waals surface area contributed by atoms with Crippen LogP contribution in [0.3, 0.4) is 0 Å². The summed E-state index contributed by atoms with van der Waals surface area (Å²) >= 11 is 0. The topological polar surface area (TPSA) is 684 Å². The minimum Gasteiger partial charge on any atom is -0.480 e. The number of nitrogens with two attached hydrogens (primary N) is 10. The van der Waals surface area contributed by atoms with Gasteiger partial charge >= 0.3 is 11.9 Å². The molecule has 620 valence electrons. The average molecular weight is 1560 g/mol. The fourth-order valence-corrected chi connectivity index (χ4v) is 11.0. The first-order chi connectivity index (χ1) is 52.2.